The number of aryl methyl sites for hydroxylation is 1. The van der Waals surface area contributed by atoms with Gasteiger partial charge in [-0.15, -0.1) is 0 Å². The van der Waals surface area contributed by atoms with Crippen LogP contribution in [0.3, 0.4) is 0 Å². The molecule has 0 radical (unpaired) electrons. The van der Waals surface area contributed by atoms with E-state index in [0.717, 1.165) is 37.4 Å². The molecule has 1 atom stereocenters. The molecule has 1 aliphatic rings. The van der Waals surface area contributed by atoms with Crippen molar-refractivity contribution in [3.63, 3.8) is 0 Å². The summed E-state index contributed by atoms with van der Waals surface area (Å²) in [6.07, 6.45) is 6.15. The zero-order chi connectivity index (χ0) is 16.4. The van der Waals surface area contributed by atoms with Gasteiger partial charge in [0.1, 0.15) is 5.82 Å². The van der Waals surface area contributed by atoms with Crippen molar-refractivity contribution < 1.29 is 8.42 Å². The van der Waals surface area contributed by atoms with Crippen LogP contribution in [0.4, 0.5) is 5.69 Å². The lowest BCUT2D eigenvalue weighted by atomic mass is 10.2. The van der Waals surface area contributed by atoms with E-state index in [0.29, 0.717) is 10.9 Å². The molecular formula is C17H23N3O2S. The molecule has 2 aromatic rings. The lowest BCUT2D eigenvalue weighted by Gasteiger charge is -2.27. The van der Waals surface area contributed by atoms with E-state index >= 15 is 0 Å². The van der Waals surface area contributed by atoms with Crippen molar-refractivity contribution in [2.75, 3.05) is 17.2 Å². The van der Waals surface area contributed by atoms with Crippen molar-refractivity contribution in [1.29, 1.82) is 0 Å². The van der Waals surface area contributed by atoms with Crippen LogP contribution in [0.2, 0.25) is 0 Å². The molecule has 0 saturated carbocycles. The maximum atomic E-state index is 11.9. The van der Waals surface area contributed by atoms with Crippen LogP contribution in [0.5, 0.6) is 0 Å². The number of aromatic nitrogens is 2. The first kappa shape index (κ1) is 16.1. The quantitative estimate of drug-likeness (QED) is 0.844. The van der Waals surface area contributed by atoms with Gasteiger partial charge in [-0.2, -0.15) is 0 Å². The average Bonchev–Trinajstić information content (AvgIpc) is 3.17. The minimum Gasteiger partial charge on any atom is -0.367 e. The molecule has 1 saturated heterocycles. The number of hydrogen-bond donors (Lipinski definition) is 0. The smallest absolute Gasteiger partial charge is 0.178 e. The number of anilines is 1. The van der Waals surface area contributed by atoms with Crippen molar-refractivity contribution in [2.45, 2.75) is 44.2 Å². The molecule has 1 aliphatic heterocycles. The maximum Gasteiger partial charge on any atom is 0.178 e. The van der Waals surface area contributed by atoms with E-state index in [1.807, 2.05) is 31.5 Å². The minimum absolute atomic E-state index is 0.137. The van der Waals surface area contributed by atoms with Crippen LogP contribution in [-0.4, -0.2) is 36.3 Å². The van der Waals surface area contributed by atoms with Crippen molar-refractivity contribution in [2.24, 2.45) is 0 Å². The molecular weight excluding hydrogens is 310 g/mol. The van der Waals surface area contributed by atoms with E-state index in [1.54, 1.807) is 19.1 Å². The predicted molar refractivity (Wildman–Crippen MR) is 91.5 cm³/mol. The fraction of sp³-hybridized carbons (Fsp3) is 0.471. The number of sulfone groups is 1. The number of benzene rings is 1. The van der Waals surface area contributed by atoms with Gasteiger partial charge < -0.3 is 9.47 Å². The monoisotopic (exact) mass is 333 g/mol. The number of rotatable bonds is 5. The standard InChI is InChI=1S/C17H23N3O2S/c1-3-23(21,22)17-8-6-15(7-9-17)20-11-4-5-16(20)13-19-12-10-18-14(19)2/h6-10,12,16H,3-5,11,13H2,1-2H3/t16-/m0/s1. The van der Waals surface area contributed by atoms with Gasteiger partial charge in [-0.1, -0.05) is 6.92 Å². The van der Waals surface area contributed by atoms with Crippen molar-refractivity contribution >= 4 is 15.5 Å². The molecule has 1 fully saturated rings. The lowest BCUT2D eigenvalue weighted by Crippen LogP contribution is -2.33. The van der Waals surface area contributed by atoms with Crippen molar-refractivity contribution in [1.82, 2.24) is 9.55 Å². The predicted octanol–water partition coefficient (Wildman–Crippen LogP) is 2.65. The summed E-state index contributed by atoms with van der Waals surface area (Å²) in [5, 5.41) is 0. The molecule has 2 heterocycles. The van der Waals surface area contributed by atoms with E-state index in [4.69, 9.17) is 0 Å². The fourth-order valence-corrected chi connectivity index (χ4v) is 4.08. The molecule has 0 N–H and O–H groups in total. The molecule has 0 unspecified atom stereocenters. The second-order valence-corrected chi connectivity index (χ2v) is 8.29. The van der Waals surface area contributed by atoms with E-state index < -0.39 is 9.84 Å². The van der Waals surface area contributed by atoms with Gasteiger partial charge in [0.2, 0.25) is 0 Å². The Morgan fingerprint density at radius 2 is 2.00 bits per heavy atom. The van der Waals surface area contributed by atoms with Crippen LogP contribution >= 0.6 is 0 Å². The zero-order valence-electron chi connectivity index (χ0n) is 13.6. The summed E-state index contributed by atoms with van der Waals surface area (Å²) in [4.78, 5) is 7.07. The lowest BCUT2D eigenvalue weighted by molar-refractivity contribution is 0.540. The van der Waals surface area contributed by atoms with Gasteiger partial charge in [0, 0.05) is 37.2 Å². The number of hydrogen-bond acceptors (Lipinski definition) is 4. The Labute approximate surface area is 137 Å². The molecule has 6 heteroatoms. The van der Waals surface area contributed by atoms with E-state index in [2.05, 4.69) is 14.5 Å². The number of nitrogens with zero attached hydrogens (tertiary/aromatic N) is 3. The Morgan fingerprint density at radius 1 is 1.26 bits per heavy atom. The van der Waals surface area contributed by atoms with Gasteiger partial charge in [-0.3, -0.25) is 0 Å². The highest BCUT2D eigenvalue weighted by Crippen LogP contribution is 2.28. The Bertz CT molecular complexity index is 765. The second-order valence-electron chi connectivity index (χ2n) is 6.01. The molecule has 0 aliphatic carbocycles. The van der Waals surface area contributed by atoms with Gasteiger partial charge in [0.15, 0.2) is 9.84 Å². The van der Waals surface area contributed by atoms with E-state index in [9.17, 15) is 8.42 Å². The Balaban J connectivity index is 1.79. The molecule has 0 bridgehead atoms. The first-order valence-electron chi connectivity index (χ1n) is 8.08. The maximum absolute atomic E-state index is 11.9. The van der Waals surface area contributed by atoms with Crippen LogP contribution in [0, 0.1) is 6.92 Å². The highest BCUT2D eigenvalue weighted by molar-refractivity contribution is 7.91. The summed E-state index contributed by atoms with van der Waals surface area (Å²) in [7, 11) is -3.13. The topological polar surface area (TPSA) is 55.2 Å². The fourth-order valence-electron chi connectivity index (χ4n) is 3.20. The van der Waals surface area contributed by atoms with Crippen LogP contribution < -0.4 is 4.90 Å². The Hall–Kier alpha value is -1.82. The largest absolute Gasteiger partial charge is 0.367 e. The molecule has 0 amide bonds. The van der Waals surface area contributed by atoms with Gasteiger partial charge in [0.05, 0.1) is 10.6 Å². The second kappa shape index (κ2) is 6.35. The van der Waals surface area contributed by atoms with E-state index in [-0.39, 0.29) is 5.75 Å². The first-order chi connectivity index (χ1) is 11.0. The summed E-state index contributed by atoms with van der Waals surface area (Å²) in [6, 6.07) is 7.75. The molecule has 23 heavy (non-hydrogen) atoms. The highest BCUT2D eigenvalue weighted by atomic mass is 32.2. The molecule has 0 spiro atoms. The molecule has 3 rings (SSSR count). The summed E-state index contributed by atoms with van der Waals surface area (Å²) >= 11 is 0. The summed E-state index contributed by atoms with van der Waals surface area (Å²) in [5.74, 6) is 1.17. The van der Waals surface area contributed by atoms with Crippen LogP contribution in [0.25, 0.3) is 0 Å². The third-order valence-electron chi connectivity index (χ3n) is 4.62. The highest BCUT2D eigenvalue weighted by Gasteiger charge is 2.25. The van der Waals surface area contributed by atoms with Gasteiger partial charge >= 0.3 is 0 Å². The summed E-state index contributed by atoms with van der Waals surface area (Å²) in [6.45, 7) is 5.62. The zero-order valence-corrected chi connectivity index (χ0v) is 14.5. The SMILES string of the molecule is CCS(=O)(=O)c1ccc(N2CCC[C@H]2Cn2ccnc2C)cc1. The summed E-state index contributed by atoms with van der Waals surface area (Å²) in [5.41, 5.74) is 1.10. The Morgan fingerprint density at radius 3 is 2.61 bits per heavy atom. The number of imidazole rings is 1. The Kier molecular flexibility index (Phi) is 4.43. The average molecular weight is 333 g/mol. The van der Waals surface area contributed by atoms with Crippen LogP contribution in [0.1, 0.15) is 25.6 Å². The molecule has 1 aromatic heterocycles. The normalized spacial score (nSPS) is 18.5. The van der Waals surface area contributed by atoms with Gasteiger partial charge in [-0.25, -0.2) is 13.4 Å². The third kappa shape index (κ3) is 3.27. The first-order valence-corrected chi connectivity index (χ1v) is 9.73. The molecule has 5 nitrogen and oxygen atoms in total. The van der Waals surface area contributed by atoms with E-state index in [1.165, 1.54) is 0 Å². The van der Waals surface area contributed by atoms with Crippen LogP contribution in [-0.2, 0) is 16.4 Å². The van der Waals surface area contributed by atoms with Crippen LogP contribution in [0.15, 0.2) is 41.6 Å². The molecule has 1 aromatic carbocycles. The molecule has 124 valence electrons. The van der Waals surface area contributed by atoms with Crippen molar-refractivity contribution in [3.8, 4) is 0 Å². The van der Waals surface area contributed by atoms with Gasteiger partial charge in [0.25, 0.3) is 0 Å². The van der Waals surface area contributed by atoms with Gasteiger partial charge in [-0.05, 0) is 44.0 Å². The summed E-state index contributed by atoms with van der Waals surface area (Å²) < 4.78 is 26.0. The third-order valence-corrected chi connectivity index (χ3v) is 6.37. The minimum atomic E-state index is -3.13. The van der Waals surface area contributed by atoms with Crippen molar-refractivity contribution in [3.05, 3.63) is 42.5 Å².